The lowest BCUT2D eigenvalue weighted by Crippen LogP contribution is -2.53. The molecule has 1 amide bonds. The van der Waals surface area contributed by atoms with E-state index in [2.05, 4.69) is 9.88 Å². The highest BCUT2D eigenvalue weighted by Crippen LogP contribution is 2.33. The standard InChI is InChI=1S/C23H29N3O4/c1-17-19(6-3-7-20(17)28-2)23(27)26-11-14-30-21(16-25-9-12-29-13-10-25)22(26)18-5-4-8-24-15-18/h3-8,15,21-22H,9-14,16H2,1-2H3/t21-,22-/m0/s1. The monoisotopic (exact) mass is 411 g/mol. The Bertz CT molecular complexity index is 855. The molecule has 0 bridgehead atoms. The number of aromatic nitrogens is 1. The van der Waals surface area contributed by atoms with Crippen LogP contribution in [0.1, 0.15) is 27.5 Å². The molecule has 0 saturated carbocycles. The van der Waals surface area contributed by atoms with Crippen molar-refractivity contribution >= 4 is 5.91 Å². The molecule has 2 saturated heterocycles. The van der Waals surface area contributed by atoms with Gasteiger partial charge in [-0.3, -0.25) is 14.7 Å². The van der Waals surface area contributed by atoms with Gasteiger partial charge in [0.15, 0.2) is 0 Å². The number of nitrogens with zero attached hydrogens (tertiary/aromatic N) is 3. The fraction of sp³-hybridized carbons (Fsp3) is 0.478. The number of hydrogen-bond acceptors (Lipinski definition) is 6. The first-order chi connectivity index (χ1) is 14.7. The van der Waals surface area contributed by atoms with Gasteiger partial charge in [-0.25, -0.2) is 0 Å². The number of methoxy groups -OCH3 is 1. The third-order valence-corrected chi connectivity index (χ3v) is 5.92. The quantitative estimate of drug-likeness (QED) is 0.752. The molecular formula is C23H29N3O4. The van der Waals surface area contributed by atoms with Crippen molar-refractivity contribution in [1.82, 2.24) is 14.8 Å². The molecule has 0 aliphatic carbocycles. The van der Waals surface area contributed by atoms with Gasteiger partial charge in [0.1, 0.15) is 5.75 Å². The van der Waals surface area contributed by atoms with E-state index in [0.29, 0.717) is 18.7 Å². The molecule has 1 aromatic heterocycles. The molecule has 0 N–H and O–H groups in total. The van der Waals surface area contributed by atoms with E-state index in [-0.39, 0.29) is 18.1 Å². The average Bonchev–Trinajstić information content (AvgIpc) is 2.80. The van der Waals surface area contributed by atoms with Crippen LogP contribution in [-0.2, 0) is 9.47 Å². The Balaban J connectivity index is 1.65. The van der Waals surface area contributed by atoms with Crippen molar-refractivity contribution in [3.05, 3.63) is 59.4 Å². The summed E-state index contributed by atoms with van der Waals surface area (Å²) in [6.45, 7) is 6.95. The zero-order valence-electron chi connectivity index (χ0n) is 17.6. The van der Waals surface area contributed by atoms with E-state index < -0.39 is 0 Å². The van der Waals surface area contributed by atoms with E-state index in [1.807, 2.05) is 48.4 Å². The zero-order valence-corrected chi connectivity index (χ0v) is 17.6. The minimum absolute atomic E-state index is 0.00414. The largest absolute Gasteiger partial charge is 0.496 e. The summed E-state index contributed by atoms with van der Waals surface area (Å²) >= 11 is 0. The molecule has 3 heterocycles. The maximum absolute atomic E-state index is 13.7. The van der Waals surface area contributed by atoms with E-state index in [4.69, 9.17) is 14.2 Å². The third kappa shape index (κ3) is 4.33. The van der Waals surface area contributed by atoms with E-state index in [1.165, 1.54) is 0 Å². The Hall–Kier alpha value is -2.48. The van der Waals surface area contributed by atoms with Gasteiger partial charge in [0.2, 0.25) is 0 Å². The Kier molecular flexibility index (Phi) is 6.62. The number of ether oxygens (including phenoxy) is 3. The molecule has 2 aliphatic heterocycles. The Morgan fingerprint density at radius 1 is 1.17 bits per heavy atom. The van der Waals surface area contributed by atoms with Crippen LogP contribution >= 0.6 is 0 Å². The van der Waals surface area contributed by atoms with Crippen LogP contribution in [0.25, 0.3) is 0 Å². The fourth-order valence-electron chi connectivity index (χ4n) is 4.32. The predicted octanol–water partition coefficient (Wildman–Crippen LogP) is 2.31. The van der Waals surface area contributed by atoms with Gasteiger partial charge >= 0.3 is 0 Å². The second-order valence-corrected chi connectivity index (χ2v) is 7.68. The number of pyridine rings is 1. The maximum atomic E-state index is 13.7. The molecule has 0 spiro atoms. The van der Waals surface area contributed by atoms with Gasteiger partial charge in [0, 0.05) is 49.7 Å². The molecule has 0 radical (unpaired) electrons. The molecule has 2 fully saturated rings. The smallest absolute Gasteiger partial charge is 0.254 e. The summed E-state index contributed by atoms with van der Waals surface area (Å²) in [5, 5.41) is 0. The number of carbonyl (C=O) groups is 1. The molecule has 2 aliphatic rings. The van der Waals surface area contributed by atoms with Gasteiger partial charge in [0.25, 0.3) is 5.91 Å². The number of benzene rings is 1. The van der Waals surface area contributed by atoms with E-state index in [1.54, 1.807) is 13.3 Å². The lowest BCUT2D eigenvalue weighted by atomic mass is 9.96. The van der Waals surface area contributed by atoms with Crippen LogP contribution in [0.15, 0.2) is 42.7 Å². The Labute approximate surface area is 177 Å². The highest BCUT2D eigenvalue weighted by atomic mass is 16.5. The van der Waals surface area contributed by atoms with Gasteiger partial charge < -0.3 is 19.1 Å². The SMILES string of the molecule is COc1cccc(C(=O)N2CCO[C@@H](CN3CCOCC3)[C@@H]2c2cccnc2)c1C. The third-order valence-electron chi connectivity index (χ3n) is 5.92. The topological polar surface area (TPSA) is 64.1 Å². The van der Waals surface area contributed by atoms with Gasteiger partial charge in [0.05, 0.1) is 39.1 Å². The summed E-state index contributed by atoms with van der Waals surface area (Å²) in [6, 6.07) is 9.35. The lowest BCUT2D eigenvalue weighted by molar-refractivity contribution is -0.0819. The maximum Gasteiger partial charge on any atom is 0.254 e. The van der Waals surface area contributed by atoms with Crippen LogP contribution in [0.5, 0.6) is 5.75 Å². The highest BCUT2D eigenvalue weighted by molar-refractivity contribution is 5.96. The second kappa shape index (κ2) is 9.55. The van der Waals surface area contributed by atoms with Gasteiger partial charge in [-0.15, -0.1) is 0 Å². The Morgan fingerprint density at radius 3 is 2.73 bits per heavy atom. The normalized spacial score (nSPS) is 22.7. The van der Waals surface area contributed by atoms with Crippen molar-refractivity contribution in [2.75, 3.05) is 53.1 Å². The Morgan fingerprint density at radius 2 is 2.00 bits per heavy atom. The summed E-state index contributed by atoms with van der Waals surface area (Å²) in [7, 11) is 1.63. The van der Waals surface area contributed by atoms with Crippen LogP contribution in [0.4, 0.5) is 0 Å². The number of morpholine rings is 2. The van der Waals surface area contributed by atoms with E-state index >= 15 is 0 Å². The molecule has 2 atom stereocenters. The summed E-state index contributed by atoms with van der Waals surface area (Å²) in [4.78, 5) is 22.3. The van der Waals surface area contributed by atoms with Crippen LogP contribution < -0.4 is 4.74 Å². The zero-order chi connectivity index (χ0) is 20.9. The average molecular weight is 412 g/mol. The fourth-order valence-corrected chi connectivity index (χ4v) is 4.32. The number of rotatable bonds is 5. The van der Waals surface area contributed by atoms with Crippen molar-refractivity contribution in [3.8, 4) is 5.75 Å². The molecular weight excluding hydrogens is 382 g/mol. The summed E-state index contributed by atoms with van der Waals surface area (Å²) < 4.78 is 17.1. The van der Waals surface area contributed by atoms with Crippen LogP contribution in [0.3, 0.4) is 0 Å². The summed E-state index contributed by atoms with van der Waals surface area (Å²) in [6.07, 6.45) is 3.46. The molecule has 7 heteroatoms. The number of hydrogen-bond donors (Lipinski definition) is 0. The molecule has 0 unspecified atom stereocenters. The minimum Gasteiger partial charge on any atom is -0.496 e. The molecule has 4 rings (SSSR count). The van der Waals surface area contributed by atoms with Crippen molar-refractivity contribution in [3.63, 3.8) is 0 Å². The van der Waals surface area contributed by atoms with Gasteiger partial charge in [-0.1, -0.05) is 12.1 Å². The number of carbonyl (C=O) groups excluding carboxylic acids is 1. The van der Waals surface area contributed by atoms with Crippen LogP contribution in [-0.4, -0.2) is 79.9 Å². The molecule has 2 aromatic rings. The van der Waals surface area contributed by atoms with Gasteiger partial charge in [-0.2, -0.15) is 0 Å². The predicted molar refractivity (Wildman–Crippen MR) is 113 cm³/mol. The van der Waals surface area contributed by atoms with E-state index in [9.17, 15) is 4.79 Å². The first kappa shape index (κ1) is 20.8. The minimum atomic E-state index is -0.201. The van der Waals surface area contributed by atoms with Crippen LogP contribution in [0, 0.1) is 6.92 Å². The van der Waals surface area contributed by atoms with Crippen molar-refractivity contribution in [1.29, 1.82) is 0 Å². The molecule has 30 heavy (non-hydrogen) atoms. The molecule has 7 nitrogen and oxygen atoms in total. The highest BCUT2D eigenvalue weighted by Gasteiger charge is 2.38. The van der Waals surface area contributed by atoms with Crippen molar-refractivity contribution in [2.24, 2.45) is 0 Å². The van der Waals surface area contributed by atoms with E-state index in [0.717, 1.165) is 49.7 Å². The van der Waals surface area contributed by atoms with Crippen molar-refractivity contribution < 1.29 is 19.0 Å². The summed E-state index contributed by atoms with van der Waals surface area (Å²) in [5.41, 5.74) is 2.51. The molecule has 1 aromatic carbocycles. The second-order valence-electron chi connectivity index (χ2n) is 7.68. The van der Waals surface area contributed by atoms with Gasteiger partial charge in [-0.05, 0) is 30.7 Å². The lowest BCUT2D eigenvalue weighted by Gasteiger charge is -2.43. The van der Waals surface area contributed by atoms with Crippen molar-refractivity contribution in [2.45, 2.75) is 19.1 Å². The molecule has 160 valence electrons. The number of amides is 1. The summed E-state index contributed by atoms with van der Waals surface area (Å²) in [5.74, 6) is 0.715. The first-order valence-electron chi connectivity index (χ1n) is 10.4. The van der Waals surface area contributed by atoms with Crippen LogP contribution in [0.2, 0.25) is 0 Å². The first-order valence-corrected chi connectivity index (χ1v) is 10.4.